The third-order valence-corrected chi connectivity index (χ3v) is 1.48. The summed E-state index contributed by atoms with van der Waals surface area (Å²) >= 11 is 8.53. The average molecular weight is 237 g/mol. The van der Waals surface area contributed by atoms with Crippen molar-refractivity contribution in [3.63, 3.8) is 0 Å². The van der Waals surface area contributed by atoms with E-state index in [1.807, 2.05) is 0 Å². The van der Waals surface area contributed by atoms with Gasteiger partial charge in [0.1, 0.15) is 0 Å². The normalized spacial score (nSPS) is 20.8. The zero-order chi connectivity index (χ0) is 8.53. The molecule has 1 fully saturated rings. The summed E-state index contributed by atoms with van der Waals surface area (Å²) in [6, 6.07) is 0. The van der Waals surface area contributed by atoms with Crippen LogP contribution in [0.1, 0.15) is 19.3 Å². The lowest BCUT2D eigenvalue weighted by molar-refractivity contribution is 0.0868. The van der Waals surface area contributed by atoms with Crippen molar-refractivity contribution in [2.45, 2.75) is 25.4 Å². The van der Waals surface area contributed by atoms with Crippen LogP contribution < -0.4 is 0 Å². The van der Waals surface area contributed by atoms with Crippen molar-refractivity contribution in [1.29, 1.82) is 0 Å². The van der Waals surface area contributed by atoms with Gasteiger partial charge in [0.15, 0.2) is 0 Å². The first-order chi connectivity index (χ1) is 5.35. The number of aliphatic hydroxyl groups is 1. The first kappa shape index (κ1) is 15.3. The highest BCUT2D eigenvalue weighted by Crippen LogP contribution is 2.13. The summed E-state index contributed by atoms with van der Waals surface area (Å²) in [5, 5.41) is 8.45. The van der Waals surface area contributed by atoms with Crippen LogP contribution in [-0.4, -0.2) is 24.4 Å². The average Bonchev–Trinajstić information content (AvgIpc) is 2.42. The van der Waals surface area contributed by atoms with E-state index in [1.165, 1.54) is 6.42 Å². The van der Waals surface area contributed by atoms with Gasteiger partial charge < -0.3 is 9.84 Å². The van der Waals surface area contributed by atoms with Gasteiger partial charge in [-0.05, 0) is 19.3 Å². The fraction of sp³-hybridized carbons (Fsp3) is 1.00. The molecule has 1 N–H and O–H groups in total. The minimum atomic E-state index is 0. The molecule has 1 rings (SSSR count). The molecule has 0 saturated carbocycles. The molecule has 0 amide bonds. The Morgan fingerprint density at radius 2 is 2.08 bits per heavy atom. The second kappa shape index (κ2) is 11.8. The highest BCUT2D eigenvalue weighted by Gasteiger charge is 2.13. The van der Waals surface area contributed by atoms with E-state index in [0.717, 1.165) is 19.4 Å². The lowest BCUT2D eigenvalue weighted by Crippen LogP contribution is -2.06. The first-order valence-corrected chi connectivity index (χ1v) is 4.08. The molecule has 0 radical (unpaired) electrons. The molecule has 76 valence electrons. The molecule has 1 atom stereocenters. The van der Waals surface area contributed by atoms with Crippen molar-refractivity contribution in [3.05, 3.63) is 0 Å². The van der Waals surface area contributed by atoms with Gasteiger partial charge in [-0.1, -0.05) is 0 Å². The van der Waals surface area contributed by atoms with Gasteiger partial charge >= 0.3 is 0 Å². The van der Waals surface area contributed by atoms with Crippen molar-refractivity contribution >= 4 is 37.2 Å². The minimum absolute atomic E-state index is 0. The summed E-state index contributed by atoms with van der Waals surface area (Å²) < 4.78 is 8.43. The summed E-state index contributed by atoms with van der Waals surface area (Å²) in [6.07, 6.45) is 3.49. The number of aliphatic hydroxyl groups excluding tert-OH is 1. The smallest absolute Gasteiger partial charge is 0.0832 e. The maximum atomic E-state index is 8.45. The number of rotatable bonds is 2. The fourth-order valence-corrected chi connectivity index (χ4v) is 1.02. The Morgan fingerprint density at radius 1 is 1.50 bits per heavy atom. The van der Waals surface area contributed by atoms with Gasteiger partial charge in [-0.2, -0.15) is 17.3 Å². The topological polar surface area (TPSA) is 38.7 Å². The maximum Gasteiger partial charge on any atom is 0.0832 e. The standard InChI is InChI=1S/C6H12O2.Cl2O.H2S/c7-4-3-6-2-1-5-8-6;1-3-2;/h6-7H,1-5H2;;1H2. The van der Waals surface area contributed by atoms with Gasteiger partial charge in [-0.15, -0.1) is 0 Å². The molecule has 0 spiro atoms. The van der Waals surface area contributed by atoms with Gasteiger partial charge in [0.25, 0.3) is 0 Å². The minimum Gasteiger partial charge on any atom is -0.396 e. The van der Waals surface area contributed by atoms with Crippen LogP contribution in [-0.2, 0) is 8.58 Å². The van der Waals surface area contributed by atoms with Crippen LogP contribution in [0.4, 0.5) is 0 Å². The van der Waals surface area contributed by atoms with Crippen LogP contribution in [0.15, 0.2) is 0 Å². The van der Waals surface area contributed by atoms with Gasteiger partial charge in [0, 0.05) is 13.2 Å². The summed E-state index contributed by atoms with van der Waals surface area (Å²) in [7, 11) is 0. The van der Waals surface area contributed by atoms with Gasteiger partial charge in [-0.25, -0.2) is 0 Å². The Bertz CT molecular complexity index is 81.2. The number of halogens is 2. The van der Waals surface area contributed by atoms with Gasteiger partial charge in [-0.3, -0.25) is 0 Å². The van der Waals surface area contributed by atoms with Crippen LogP contribution in [0.25, 0.3) is 0 Å². The highest BCUT2D eigenvalue weighted by molar-refractivity contribution is 7.59. The lowest BCUT2D eigenvalue weighted by Gasteiger charge is -2.03. The molecule has 1 heterocycles. The summed E-state index contributed by atoms with van der Waals surface area (Å²) in [5.41, 5.74) is 0. The molecule has 6 heteroatoms. The number of hydrogen-bond acceptors (Lipinski definition) is 3. The Labute approximate surface area is 89.7 Å². The van der Waals surface area contributed by atoms with Crippen molar-refractivity contribution in [2.75, 3.05) is 13.2 Å². The van der Waals surface area contributed by atoms with Crippen molar-refractivity contribution in [2.24, 2.45) is 0 Å². The fourth-order valence-electron chi connectivity index (χ4n) is 1.02. The molecular weight excluding hydrogens is 223 g/mol. The predicted octanol–water partition coefficient (Wildman–Crippen LogP) is 1.97. The largest absolute Gasteiger partial charge is 0.396 e. The molecule has 1 saturated heterocycles. The number of ether oxygens (including phenoxy) is 1. The molecule has 0 aliphatic carbocycles. The highest BCUT2D eigenvalue weighted by atomic mass is 35.6. The number of hydrogen-bond donors (Lipinski definition) is 1. The quantitative estimate of drug-likeness (QED) is 0.798. The van der Waals surface area contributed by atoms with E-state index in [1.54, 1.807) is 0 Å². The van der Waals surface area contributed by atoms with Crippen molar-refractivity contribution < 1.29 is 13.7 Å². The summed E-state index contributed by atoms with van der Waals surface area (Å²) in [4.78, 5) is 0. The third kappa shape index (κ3) is 8.90. The molecule has 12 heavy (non-hydrogen) atoms. The van der Waals surface area contributed by atoms with E-state index in [2.05, 4.69) is 27.6 Å². The Morgan fingerprint density at radius 3 is 2.42 bits per heavy atom. The molecule has 0 aromatic rings. The second-order valence-corrected chi connectivity index (χ2v) is 2.67. The van der Waals surface area contributed by atoms with Crippen LogP contribution in [0.2, 0.25) is 0 Å². The second-order valence-electron chi connectivity index (χ2n) is 2.21. The zero-order valence-corrected chi connectivity index (χ0v) is 9.14. The van der Waals surface area contributed by atoms with Gasteiger partial charge in [0.2, 0.25) is 0 Å². The SMILES string of the molecule is ClOCl.OCCC1CCCO1.S. The Hall–Kier alpha value is 0.810. The van der Waals surface area contributed by atoms with E-state index in [-0.39, 0.29) is 20.1 Å². The van der Waals surface area contributed by atoms with E-state index in [0.29, 0.717) is 6.10 Å². The van der Waals surface area contributed by atoms with E-state index in [9.17, 15) is 0 Å². The van der Waals surface area contributed by atoms with E-state index >= 15 is 0 Å². The van der Waals surface area contributed by atoms with Crippen LogP contribution >= 0.6 is 37.2 Å². The molecule has 1 aliphatic heterocycles. The van der Waals surface area contributed by atoms with Crippen LogP contribution in [0.3, 0.4) is 0 Å². The van der Waals surface area contributed by atoms with Gasteiger partial charge in [0.05, 0.1) is 29.8 Å². The molecular formula is C6H14Cl2O3S. The summed E-state index contributed by atoms with van der Waals surface area (Å²) in [6.45, 7) is 1.16. The molecule has 1 unspecified atom stereocenters. The van der Waals surface area contributed by atoms with Crippen molar-refractivity contribution in [1.82, 2.24) is 0 Å². The Kier molecular flexibility index (Phi) is 15.0. The zero-order valence-electron chi connectivity index (χ0n) is 6.63. The predicted molar refractivity (Wildman–Crippen MR) is 53.8 cm³/mol. The summed E-state index contributed by atoms with van der Waals surface area (Å²) in [5.74, 6) is 0. The molecule has 0 bridgehead atoms. The van der Waals surface area contributed by atoms with E-state index < -0.39 is 0 Å². The molecule has 0 aromatic heterocycles. The lowest BCUT2D eigenvalue weighted by atomic mass is 10.2. The maximum absolute atomic E-state index is 8.45. The third-order valence-electron chi connectivity index (χ3n) is 1.48. The monoisotopic (exact) mass is 236 g/mol. The van der Waals surface area contributed by atoms with Crippen LogP contribution in [0.5, 0.6) is 0 Å². The van der Waals surface area contributed by atoms with Crippen molar-refractivity contribution in [3.8, 4) is 0 Å². The van der Waals surface area contributed by atoms with E-state index in [4.69, 9.17) is 9.84 Å². The Balaban J connectivity index is 0. The van der Waals surface area contributed by atoms with Crippen LogP contribution in [0, 0.1) is 0 Å². The first-order valence-electron chi connectivity index (χ1n) is 3.47. The molecule has 1 aliphatic rings. The molecule has 0 aromatic carbocycles. The molecule has 3 nitrogen and oxygen atoms in total.